The average Bonchev–Trinajstić information content (AvgIpc) is 2.73. The van der Waals surface area contributed by atoms with Crippen molar-refractivity contribution in [2.45, 2.75) is 0 Å². The first-order chi connectivity index (χ1) is 13.1. The van der Waals surface area contributed by atoms with Gasteiger partial charge in [0.25, 0.3) is 5.91 Å². The molecule has 1 amide bonds. The number of anilines is 1. The fraction of sp³-hybridized carbons (Fsp3) is 0.0455. The van der Waals surface area contributed by atoms with E-state index in [0.29, 0.717) is 16.8 Å². The van der Waals surface area contributed by atoms with E-state index >= 15 is 0 Å². The molecule has 0 unspecified atom stereocenters. The monoisotopic (exact) mass is 359 g/mol. The van der Waals surface area contributed by atoms with E-state index in [9.17, 15) is 14.4 Å². The molecular weight excluding hydrogens is 342 g/mol. The van der Waals surface area contributed by atoms with Gasteiger partial charge in [0.1, 0.15) is 0 Å². The number of benzene rings is 3. The van der Waals surface area contributed by atoms with Crippen molar-refractivity contribution in [1.29, 1.82) is 0 Å². The van der Waals surface area contributed by atoms with Gasteiger partial charge in [-0.3, -0.25) is 9.59 Å². The maximum absolute atomic E-state index is 12.2. The number of carbonyl (C=O) groups excluding carboxylic acids is 3. The third-order valence-electron chi connectivity index (χ3n) is 3.82. The number of rotatable bonds is 6. The molecule has 0 heterocycles. The van der Waals surface area contributed by atoms with Gasteiger partial charge in [-0.2, -0.15) is 0 Å². The Morgan fingerprint density at radius 1 is 0.704 bits per heavy atom. The van der Waals surface area contributed by atoms with E-state index in [0.717, 1.165) is 0 Å². The molecule has 0 atom stereocenters. The summed E-state index contributed by atoms with van der Waals surface area (Å²) >= 11 is 0. The number of hydrogen-bond donors (Lipinski definition) is 1. The number of ether oxygens (including phenoxy) is 1. The van der Waals surface area contributed by atoms with Crippen molar-refractivity contribution < 1.29 is 19.1 Å². The van der Waals surface area contributed by atoms with E-state index in [1.165, 1.54) is 6.07 Å². The Balaban J connectivity index is 1.62. The van der Waals surface area contributed by atoms with Crippen LogP contribution in [0.15, 0.2) is 84.9 Å². The van der Waals surface area contributed by atoms with Crippen LogP contribution >= 0.6 is 0 Å². The summed E-state index contributed by atoms with van der Waals surface area (Å²) in [5.41, 5.74) is 1.71. The van der Waals surface area contributed by atoms with Gasteiger partial charge in [0.15, 0.2) is 12.4 Å². The smallest absolute Gasteiger partial charge is 0.338 e. The Kier molecular flexibility index (Phi) is 5.74. The molecule has 0 saturated heterocycles. The number of carbonyl (C=O) groups is 3. The van der Waals surface area contributed by atoms with Crippen molar-refractivity contribution in [3.8, 4) is 0 Å². The minimum absolute atomic E-state index is 0.252. The summed E-state index contributed by atoms with van der Waals surface area (Å²) in [6.45, 7) is -0.344. The van der Waals surface area contributed by atoms with Gasteiger partial charge in [0.2, 0.25) is 0 Å². The van der Waals surface area contributed by atoms with E-state index in [2.05, 4.69) is 5.32 Å². The lowest BCUT2D eigenvalue weighted by Gasteiger charge is -2.08. The first-order valence-electron chi connectivity index (χ1n) is 8.35. The first kappa shape index (κ1) is 18.1. The molecule has 27 heavy (non-hydrogen) atoms. The van der Waals surface area contributed by atoms with Crippen LogP contribution in [0, 0.1) is 0 Å². The zero-order chi connectivity index (χ0) is 19.1. The summed E-state index contributed by atoms with van der Waals surface area (Å²) in [7, 11) is 0. The lowest BCUT2D eigenvalue weighted by atomic mass is 10.1. The highest BCUT2D eigenvalue weighted by atomic mass is 16.5. The number of amides is 1. The van der Waals surface area contributed by atoms with Gasteiger partial charge >= 0.3 is 5.97 Å². The maximum Gasteiger partial charge on any atom is 0.338 e. The van der Waals surface area contributed by atoms with Crippen molar-refractivity contribution >= 4 is 23.3 Å². The van der Waals surface area contributed by atoms with E-state index in [1.807, 2.05) is 6.07 Å². The van der Waals surface area contributed by atoms with E-state index in [1.54, 1.807) is 72.8 Å². The normalized spacial score (nSPS) is 10.1. The highest BCUT2D eigenvalue weighted by Crippen LogP contribution is 2.14. The summed E-state index contributed by atoms with van der Waals surface area (Å²) < 4.78 is 5.09. The second kappa shape index (κ2) is 8.58. The van der Waals surface area contributed by atoms with Gasteiger partial charge in [-0.05, 0) is 30.3 Å². The van der Waals surface area contributed by atoms with Crippen LogP contribution < -0.4 is 5.32 Å². The number of hydrogen-bond acceptors (Lipinski definition) is 4. The molecule has 0 spiro atoms. The van der Waals surface area contributed by atoms with Crippen LogP contribution in [-0.2, 0) is 4.74 Å². The molecule has 0 saturated carbocycles. The van der Waals surface area contributed by atoms with Crippen molar-refractivity contribution in [2.24, 2.45) is 0 Å². The predicted octanol–water partition coefficient (Wildman–Crippen LogP) is 3.98. The van der Waals surface area contributed by atoms with Gasteiger partial charge in [0.05, 0.1) is 5.56 Å². The molecular formula is C22H17NO4. The molecule has 3 aromatic rings. The Bertz CT molecular complexity index is 952. The molecule has 1 N–H and O–H groups in total. The molecule has 3 rings (SSSR count). The van der Waals surface area contributed by atoms with Crippen LogP contribution in [-0.4, -0.2) is 24.3 Å². The standard InChI is InChI=1S/C22H17NO4/c24-20(16-8-3-1-4-9-16)15-27-22(26)18-12-7-13-19(14-18)23-21(25)17-10-5-2-6-11-17/h1-14H,15H2,(H,23,25). The molecule has 0 bridgehead atoms. The Morgan fingerprint density at radius 2 is 1.30 bits per heavy atom. The van der Waals surface area contributed by atoms with E-state index in [4.69, 9.17) is 4.74 Å². The summed E-state index contributed by atoms with van der Waals surface area (Å²) in [6, 6.07) is 23.8. The number of ketones is 1. The molecule has 0 aliphatic heterocycles. The van der Waals surface area contributed by atoms with E-state index < -0.39 is 5.97 Å². The predicted molar refractivity (Wildman–Crippen MR) is 102 cm³/mol. The van der Waals surface area contributed by atoms with Crippen molar-refractivity contribution in [3.05, 3.63) is 102 Å². The number of Topliss-reactive ketones (excluding diaryl/α,β-unsaturated/α-hetero) is 1. The Morgan fingerprint density at radius 3 is 1.96 bits per heavy atom. The summed E-state index contributed by atoms with van der Waals surface area (Å²) in [5, 5.41) is 2.73. The van der Waals surface area contributed by atoms with Gasteiger partial charge in [-0.1, -0.05) is 54.6 Å². The minimum atomic E-state index is -0.630. The molecule has 5 nitrogen and oxygen atoms in total. The average molecular weight is 359 g/mol. The zero-order valence-electron chi connectivity index (χ0n) is 14.4. The fourth-order valence-corrected chi connectivity index (χ4v) is 2.44. The van der Waals surface area contributed by atoms with Crippen LogP contribution in [0.2, 0.25) is 0 Å². The first-order valence-corrected chi connectivity index (χ1v) is 8.35. The number of esters is 1. The fourth-order valence-electron chi connectivity index (χ4n) is 2.44. The number of nitrogens with one attached hydrogen (secondary N) is 1. The van der Waals surface area contributed by atoms with Crippen LogP contribution in [0.4, 0.5) is 5.69 Å². The lowest BCUT2D eigenvalue weighted by molar-refractivity contribution is 0.0474. The van der Waals surface area contributed by atoms with Crippen LogP contribution in [0.3, 0.4) is 0 Å². The molecule has 134 valence electrons. The molecule has 0 fully saturated rings. The SMILES string of the molecule is O=C(COC(=O)c1cccc(NC(=O)c2ccccc2)c1)c1ccccc1. The lowest BCUT2D eigenvalue weighted by Crippen LogP contribution is -2.15. The summed E-state index contributed by atoms with van der Waals surface area (Å²) in [4.78, 5) is 36.4. The summed E-state index contributed by atoms with van der Waals surface area (Å²) in [6.07, 6.45) is 0. The molecule has 0 aliphatic carbocycles. The quantitative estimate of drug-likeness (QED) is 0.534. The summed E-state index contributed by atoms with van der Waals surface area (Å²) in [5.74, 6) is -1.19. The molecule has 3 aromatic carbocycles. The van der Waals surface area contributed by atoms with Gasteiger partial charge in [-0.15, -0.1) is 0 Å². The second-order valence-electron chi connectivity index (χ2n) is 5.77. The van der Waals surface area contributed by atoms with Gasteiger partial charge in [0, 0.05) is 16.8 Å². The minimum Gasteiger partial charge on any atom is -0.454 e. The molecule has 0 radical (unpaired) electrons. The second-order valence-corrected chi connectivity index (χ2v) is 5.77. The Labute approximate surface area is 156 Å². The molecule has 0 aromatic heterocycles. The molecule has 0 aliphatic rings. The van der Waals surface area contributed by atoms with Crippen LogP contribution in [0.5, 0.6) is 0 Å². The third-order valence-corrected chi connectivity index (χ3v) is 3.82. The third kappa shape index (κ3) is 4.89. The van der Waals surface area contributed by atoms with Crippen LogP contribution in [0.25, 0.3) is 0 Å². The van der Waals surface area contributed by atoms with Crippen LogP contribution in [0.1, 0.15) is 31.1 Å². The van der Waals surface area contributed by atoms with Gasteiger partial charge in [-0.25, -0.2) is 4.79 Å². The largest absolute Gasteiger partial charge is 0.454 e. The highest BCUT2D eigenvalue weighted by molar-refractivity contribution is 6.05. The van der Waals surface area contributed by atoms with Crippen molar-refractivity contribution in [1.82, 2.24) is 0 Å². The van der Waals surface area contributed by atoms with E-state index in [-0.39, 0.29) is 23.9 Å². The topological polar surface area (TPSA) is 72.5 Å². The molecule has 5 heteroatoms. The zero-order valence-corrected chi connectivity index (χ0v) is 14.4. The maximum atomic E-state index is 12.2. The Hall–Kier alpha value is -3.73. The highest BCUT2D eigenvalue weighted by Gasteiger charge is 2.13. The van der Waals surface area contributed by atoms with Gasteiger partial charge < -0.3 is 10.1 Å². The van der Waals surface area contributed by atoms with Crippen molar-refractivity contribution in [2.75, 3.05) is 11.9 Å². The van der Waals surface area contributed by atoms with Crippen molar-refractivity contribution in [3.63, 3.8) is 0 Å².